The highest BCUT2D eigenvalue weighted by Gasteiger charge is 2.12. The molecule has 0 atom stereocenters. The van der Waals surface area contributed by atoms with Crippen molar-refractivity contribution >= 4 is 23.1 Å². The van der Waals surface area contributed by atoms with Gasteiger partial charge in [0.25, 0.3) is 0 Å². The van der Waals surface area contributed by atoms with Gasteiger partial charge in [0.05, 0.1) is 6.61 Å². The Kier molecular flexibility index (Phi) is 5.40. The Morgan fingerprint density at radius 1 is 1.35 bits per heavy atom. The molecular formula is C13H17NOS2. The van der Waals surface area contributed by atoms with Gasteiger partial charge in [-0.1, -0.05) is 11.8 Å². The Morgan fingerprint density at radius 2 is 2.18 bits per heavy atom. The minimum Gasteiger partial charge on any atom is -0.395 e. The van der Waals surface area contributed by atoms with E-state index in [1.165, 1.54) is 29.5 Å². The van der Waals surface area contributed by atoms with Crippen molar-refractivity contribution < 1.29 is 5.11 Å². The fourth-order valence-corrected chi connectivity index (χ4v) is 3.60. The highest BCUT2D eigenvalue weighted by atomic mass is 32.2. The third-order valence-electron chi connectivity index (χ3n) is 2.68. The normalized spacial score (nSPS) is 16.5. The fourth-order valence-electron chi connectivity index (χ4n) is 1.75. The monoisotopic (exact) mass is 267 g/mol. The third-order valence-corrected chi connectivity index (χ3v) is 4.52. The van der Waals surface area contributed by atoms with Gasteiger partial charge in [0.2, 0.25) is 0 Å². The quantitative estimate of drug-likeness (QED) is 0.848. The number of nitrogens with zero attached hydrogens (tertiary/aromatic N) is 1. The molecular weight excluding hydrogens is 250 g/mol. The van der Waals surface area contributed by atoms with Crippen LogP contribution in [0.25, 0.3) is 0 Å². The Hall–Kier alpha value is -0.470. The zero-order chi connectivity index (χ0) is 11.9. The molecule has 17 heavy (non-hydrogen) atoms. The summed E-state index contributed by atoms with van der Waals surface area (Å²) in [6, 6.07) is 2.09. The second kappa shape index (κ2) is 7.07. The molecule has 4 heteroatoms. The van der Waals surface area contributed by atoms with Gasteiger partial charge in [0.1, 0.15) is 0 Å². The summed E-state index contributed by atoms with van der Waals surface area (Å²) < 4.78 is 0. The molecule has 1 aliphatic heterocycles. The topological polar surface area (TPSA) is 23.5 Å². The molecule has 2 nitrogen and oxygen atoms in total. The van der Waals surface area contributed by atoms with E-state index >= 15 is 0 Å². The van der Waals surface area contributed by atoms with Crippen molar-refractivity contribution in [2.45, 2.75) is 13.0 Å². The second-order valence-corrected chi connectivity index (χ2v) is 6.15. The van der Waals surface area contributed by atoms with E-state index in [0.29, 0.717) is 6.42 Å². The van der Waals surface area contributed by atoms with Crippen LogP contribution in [0, 0.1) is 11.8 Å². The van der Waals surface area contributed by atoms with Crippen molar-refractivity contribution in [2.75, 3.05) is 31.2 Å². The summed E-state index contributed by atoms with van der Waals surface area (Å²) >= 11 is 3.83. The lowest BCUT2D eigenvalue weighted by atomic mass is 10.2. The highest BCUT2D eigenvalue weighted by Crippen LogP contribution is 2.20. The molecule has 1 aromatic rings. The maximum Gasteiger partial charge on any atom is 0.0540 e. The summed E-state index contributed by atoms with van der Waals surface area (Å²) in [5.74, 6) is 8.65. The van der Waals surface area contributed by atoms with Gasteiger partial charge >= 0.3 is 0 Å². The van der Waals surface area contributed by atoms with E-state index < -0.39 is 0 Å². The lowest BCUT2D eigenvalue weighted by Crippen LogP contribution is -2.31. The van der Waals surface area contributed by atoms with E-state index in [2.05, 4.69) is 28.2 Å². The van der Waals surface area contributed by atoms with Crippen molar-refractivity contribution in [3.63, 3.8) is 0 Å². The van der Waals surface area contributed by atoms with Crippen LogP contribution in [-0.2, 0) is 6.54 Å². The van der Waals surface area contributed by atoms with Gasteiger partial charge in [-0.2, -0.15) is 11.8 Å². The summed E-state index contributed by atoms with van der Waals surface area (Å²) in [6.45, 7) is 3.55. The van der Waals surface area contributed by atoms with Crippen LogP contribution in [0.3, 0.4) is 0 Å². The molecule has 1 N–H and O–H groups in total. The first-order valence-electron chi connectivity index (χ1n) is 5.86. The molecule has 0 radical (unpaired) electrons. The van der Waals surface area contributed by atoms with E-state index in [1.54, 1.807) is 11.3 Å². The standard InChI is InChI=1S/C13H17NOS2/c15-7-2-1-3-12-4-8-17-13(12)11-14-5-9-16-10-6-14/h4,8,15H,2,5-7,9-11H2. The van der Waals surface area contributed by atoms with Crippen LogP contribution in [0.15, 0.2) is 11.4 Å². The van der Waals surface area contributed by atoms with E-state index in [1.807, 2.05) is 11.8 Å². The van der Waals surface area contributed by atoms with Crippen molar-refractivity contribution in [2.24, 2.45) is 0 Å². The van der Waals surface area contributed by atoms with Crippen molar-refractivity contribution in [3.05, 3.63) is 21.9 Å². The largest absolute Gasteiger partial charge is 0.395 e. The van der Waals surface area contributed by atoms with Crippen LogP contribution in [0.1, 0.15) is 16.9 Å². The Morgan fingerprint density at radius 3 is 2.94 bits per heavy atom. The minimum atomic E-state index is 0.149. The molecule has 0 bridgehead atoms. The Bertz CT molecular complexity index is 399. The molecule has 0 aromatic carbocycles. The molecule has 0 aliphatic carbocycles. The summed E-state index contributed by atoms with van der Waals surface area (Å²) in [7, 11) is 0. The molecule has 0 spiro atoms. The maximum atomic E-state index is 8.71. The first-order valence-corrected chi connectivity index (χ1v) is 7.90. The average Bonchev–Trinajstić information content (AvgIpc) is 2.79. The van der Waals surface area contributed by atoms with Crippen LogP contribution in [0.4, 0.5) is 0 Å². The SMILES string of the molecule is OCCC#Cc1ccsc1CN1CCSCC1. The summed E-state index contributed by atoms with van der Waals surface area (Å²) in [4.78, 5) is 3.86. The van der Waals surface area contributed by atoms with E-state index in [4.69, 9.17) is 5.11 Å². The van der Waals surface area contributed by atoms with Gasteiger partial charge < -0.3 is 5.11 Å². The third kappa shape index (κ3) is 4.04. The van der Waals surface area contributed by atoms with Gasteiger partial charge in [-0.25, -0.2) is 0 Å². The number of aliphatic hydroxyl groups excluding tert-OH is 1. The van der Waals surface area contributed by atoms with Crippen LogP contribution in [0.5, 0.6) is 0 Å². The first kappa shape index (κ1) is 13.0. The molecule has 92 valence electrons. The Labute approximate surface area is 111 Å². The molecule has 0 amide bonds. The fraction of sp³-hybridized carbons (Fsp3) is 0.538. The summed E-state index contributed by atoms with van der Waals surface area (Å²) in [5, 5.41) is 10.8. The van der Waals surface area contributed by atoms with E-state index in [0.717, 1.165) is 12.1 Å². The van der Waals surface area contributed by atoms with E-state index in [-0.39, 0.29) is 6.61 Å². The van der Waals surface area contributed by atoms with Crippen LogP contribution < -0.4 is 0 Å². The summed E-state index contributed by atoms with van der Waals surface area (Å²) in [6.07, 6.45) is 0.565. The van der Waals surface area contributed by atoms with E-state index in [9.17, 15) is 0 Å². The van der Waals surface area contributed by atoms with Gasteiger partial charge in [0, 0.05) is 48.0 Å². The lowest BCUT2D eigenvalue weighted by molar-refractivity contribution is 0.297. The molecule has 1 saturated heterocycles. The van der Waals surface area contributed by atoms with Gasteiger partial charge in [-0.3, -0.25) is 4.90 Å². The van der Waals surface area contributed by atoms with Crippen LogP contribution >= 0.6 is 23.1 Å². The number of hydrogen-bond acceptors (Lipinski definition) is 4. The molecule has 0 unspecified atom stereocenters. The highest BCUT2D eigenvalue weighted by molar-refractivity contribution is 7.99. The average molecular weight is 267 g/mol. The van der Waals surface area contributed by atoms with Gasteiger partial charge in [-0.05, 0) is 11.4 Å². The molecule has 1 aliphatic rings. The summed E-state index contributed by atoms with van der Waals surface area (Å²) in [5.41, 5.74) is 1.14. The lowest BCUT2D eigenvalue weighted by Gasteiger charge is -2.25. The van der Waals surface area contributed by atoms with Gasteiger partial charge in [-0.15, -0.1) is 11.3 Å². The molecule has 2 heterocycles. The predicted molar refractivity (Wildman–Crippen MR) is 75.5 cm³/mol. The first-order chi connectivity index (χ1) is 8.40. The van der Waals surface area contributed by atoms with Crippen molar-refractivity contribution in [1.29, 1.82) is 0 Å². The van der Waals surface area contributed by atoms with Crippen LogP contribution in [-0.4, -0.2) is 41.2 Å². The maximum absolute atomic E-state index is 8.71. The predicted octanol–water partition coefficient (Wildman–Crippen LogP) is 2.03. The van der Waals surface area contributed by atoms with Crippen molar-refractivity contribution in [3.8, 4) is 11.8 Å². The molecule has 0 saturated carbocycles. The minimum absolute atomic E-state index is 0.149. The smallest absolute Gasteiger partial charge is 0.0540 e. The molecule has 1 aromatic heterocycles. The number of aliphatic hydroxyl groups is 1. The number of thioether (sulfide) groups is 1. The molecule has 2 rings (SSSR count). The zero-order valence-electron chi connectivity index (χ0n) is 9.82. The zero-order valence-corrected chi connectivity index (χ0v) is 11.4. The molecule has 1 fully saturated rings. The second-order valence-electron chi connectivity index (χ2n) is 3.92. The number of rotatable bonds is 3. The van der Waals surface area contributed by atoms with Crippen molar-refractivity contribution in [1.82, 2.24) is 4.90 Å². The van der Waals surface area contributed by atoms with Crippen LogP contribution in [0.2, 0.25) is 0 Å². The number of hydrogen-bond donors (Lipinski definition) is 1. The van der Waals surface area contributed by atoms with Gasteiger partial charge in [0.15, 0.2) is 0 Å². The number of thiophene rings is 1. The Balaban J connectivity index is 1.96.